The maximum atomic E-state index is 12.3. The van der Waals surface area contributed by atoms with Gasteiger partial charge in [0.05, 0.1) is 5.69 Å². The number of sulfonamides is 1. The molecule has 0 unspecified atom stereocenters. The smallest absolute Gasteiger partial charge is 0.244 e. The Kier molecular flexibility index (Phi) is 4.19. The Morgan fingerprint density at radius 2 is 2.00 bits per heavy atom. The zero-order valence-electron chi connectivity index (χ0n) is 10.5. The van der Waals surface area contributed by atoms with Crippen molar-refractivity contribution in [2.75, 3.05) is 12.4 Å². The van der Waals surface area contributed by atoms with Gasteiger partial charge in [0, 0.05) is 25.5 Å². The fourth-order valence-corrected chi connectivity index (χ4v) is 3.76. The second kappa shape index (κ2) is 5.67. The predicted molar refractivity (Wildman–Crippen MR) is 71.0 cm³/mol. The number of nitrogens with one attached hydrogen (secondary N) is 2. The van der Waals surface area contributed by atoms with Gasteiger partial charge in [-0.05, 0) is 18.9 Å². The minimum Gasteiger partial charge on any atom is -0.387 e. The molecule has 5 nitrogen and oxygen atoms in total. The lowest BCUT2D eigenvalue weighted by Crippen LogP contribution is -2.36. The Bertz CT molecular complexity index is 496. The molecule has 0 saturated heterocycles. The quantitative estimate of drug-likeness (QED) is 0.873. The lowest BCUT2D eigenvalue weighted by molar-refractivity contribution is 0.412. The van der Waals surface area contributed by atoms with Gasteiger partial charge in [-0.15, -0.1) is 0 Å². The molecule has 1 saturated carbocycles. The van der Waals surface area contributed by atoms with E-state index >= 15 is 0 Å². The Hall–Kier alpha value is -1.14. The van der Waals surface area contributed by atoms with Crippen LogP contribution in [0, 0.1) is 0 Å². The third kappa shape index (κ3) is 3.00. The van der Waals surface area contributed by atoms with Gasteiger partial charge >= 0.3 is 0 Å². The minimum absolute atomic E-state index is 0.0636. The van der Waals surface area contributed by atoms with Crippen LogP contribution < -0.4 is 10.0 Å². The van der Waals surface area contributed by atoms with Crippen molar-refractivity contribution < 1.29 is 8.42 Å². The highest BCUT2D eigenvalue weighted by molar-refractivity contribution is 7.89. The summed E-state index contributed by atoms with van der Waals surface area (Å²) in [5, 5.41) is 2.88. The Labute approximate surface area is 108 Å². The van der Waals surface area contributed by atoms with Gasteiger partial charge in [0.2, 0.25) is 10.0 Å². The molecule has 1 aliphatic rings. The molecule has 0 bridgehead atoms. The fraction of sp³-hybridized carbons (Fsp3) is 0.583. The van der Waals surface area contributed by atoms with Crippen LogP contribution in [0.25, 0.3) is 0 Å². The average Bonchev–Trinajstić information content (AvgIpc) is 2.39. The van der Waals surface area contributed by atoms with Crippen molar-refractivity contribution in [1.29, 1.82) is 0 Å². The van der Waals surface area contributed by atoms with E-state index in [-0.39, 0.29) is 10.9 Å². The normalized spacial score (nSPS) is 17.6. The van der Waals surface area contributed by atoms with Crippen molar-refractivity contribution in [3.63, 3.8) is 0 Å². The average molecular weight is 269 g/mol. The van der Waals surface area contributed by atoms with Crippen molar-refractivity contribution >= 4 is 15.7 Å². The first-order chi connectivity index (χ1) is 8.63. The first-order valence-corrected chi connectivity index (χ1v) is 7.76. The number of hydrogen-bond donors (Lipinski definition) is 2. The molecule has 0 atom stereocenters. The number of aromatic nitrogens is 1. The van der Waals surface area contributed by atoms with Crippen LogP contribution in [0.1, 0.15) is 32.1 Å². The summed E-state index contributed by atoms with van der Waals surface area (Å²) in [5.74, 6) is 0. The first kappa shape index (κ1) is 13.3. The van der Waals surface area contributed by atoms with E-state index in [9.17, 15) is 8.42 Å². The summed E-state index contributed by atoms with van der Waals surface area (Å²) in [6.45, 7) is 0. The van der Waals surface area contributed by atoms with Crippen LogP contribution in [0.5, 0.6) is 0 Å². The highest BCUT2D eigenvalue weighted by atomic mass is 32.2. The summed E-state index contributed by atoms with van der Waals surface area (Å²) >= 11 is 0. The predicted octanol–water partition coefficient (Wildman–Crippen LogP) is 1.73. The molecule has 1 fully saturated rings. The second-order valence-electron chi connectivity index (χ2n) is 4.58. The van der Waals surface area contributed by atoms with Crippen LogP contribution in [0.3, 0.4) is 0 Å². The van der Waals surface area contributed by atoms with Gasteiger partial charge in [0.15, 0.2) is 0 Å². The van der Waals surface area contributed by atoms with Crippen molar-refractivity contribution in [3.8, 4) is 0 Å². The van der Waals surface area contributed by atoms with Crippen LogP contribution in [-0.2, 0) is 10.0 Å². The van der Waals surface area contributed by atoms with Gasteiger partial charge in [-0.1, -0.05) is 19.3 Å². The Morgan fingerprint density at radius 3 is 2.67 bits per heavy atom. The van der Waals surface area contributed by atoms with E-state index in [0.29, 0.717) is 5.69 Å². The number of nitrogens with zero attached hydrogens (tertiary/aromatic N) is 1. The van der Waals surface area contributed by atoms with E-state index in [1.807, 2.05) is 0 Å². The molecule has 0 aromatic carbocycles. The third-order valence-corrected chi connectivity index (χ3v) is 4.82. The Balaban J connectivity index is 2.19. The van der Waals surface area contributed by atoms with E-state index in [0.717, 1.165) is 25.7 Å². The fourth-order valence-electron chi connectivity index (χ4n) is 2.30. The molecule has 1 aromatic heterocycles. The van der Waals surface area contributed by atoms with E-state index < -0.39 is 10.0 Å². The number of pyridine rings is 1. The molecule has 6 heteroatoms. The molecule has 1 heterocycles. The highest BCUT2D eigenvalue weighted by Gasteiger charge is 2.23. The monoisotopic (exact) mass is 269 g/mol. The molecule has 18 heavy (non-hydrogen) atoms. The van der Waals surface area contributed by atoms with Crippen LogP contribution in [0.2, 0.25) is 0 Å². The maximum absolute atomic E-state index is 12.3. The lowest BCUT2D eigenvalue weighted by atomic mass is 9.96. The van der Waals surface area contributed by atoms with Gasteiger partial charge < -0.3 is 5.32 Å². The summed E-state index contributed by atoms with van der Waals surface area (Å²) in [4.78, 5) is 4.11. The van der Waals surface area contributed by atoms with Gasteiger partial charge in [0.25, 0.3) is 0 Å². The third-order valence-electron chi connectivity index (χ3n) is 3.27. The molecule has 0 amide bonds. The Morgan fingerprint density at radius 1 is 1.28 bits per heavy atom. The zero-order valence-corrected chi connectivity index (χ0v) is 11.3. The van der Waals surface area contributed by atoms with E-state index in [1.54, 1.807) is 19.3 Å². The summed E-state index contributed by atoms with van der Waals surface area (Å²) in [5.41, 5.74) is 0.577. The van der Waals surface area contributed by atoms with E-state index in [2.05, 4.69) is 15.0 Å². The molecule has 1 aromatic rings. The van der Waals surface area contributed by atoms with E-state index in [4.69, 9.17) is 0 Å². The highest BCUT2D eigenvalue weighted by Crippen LogP contribution is 2.22. The van der Waals surface area contributed by atoms with Crippen LogP contribution in [0.4, 0.5) is 5.69 Å². The van der Waals surface area contributed by atoms with Gasteiger partial charge in [-0.3, -0.25) is 4.98 Å². The topological polar surface area (TPSA) is 71.1 Å². The van der Waals surface area contributed by atoms with Crippen LogP contribution in [-0.4, -0.2) is 26.5 Å². The summed E-state index contributed by atoms with van der Waals surface area (Å²) < 4.78 is 27.4. The van der Waals surface area contributed by atoms with Gasteiger partial charge in [0.1, 0.15) is 4.90 Å². The molecule has 0 aliphatic heterocycles. The molecule has 0 spiro atoms. The van der Waals surface area contributed by atoms with Crippen LogP contribution >= 0.6 is 0 Å². The van der Waals surface area contributed by atoms with Crippen molar-refractivity contribution in [2.24, 2.45) is 0 Å². The molecular formula is C12H19N3O2S. The lowest BCUT2D eigenvalue weighted by Gasteiger charge is -2.23. The summed E-state index contributed by atoms with van der Waals surface area (Å²) in [6.07, 6.45) is 8.20. The van der Waals surface area contributed by atoms with Gasteiger partial charge in [-0.2, -0.15) is 0 Å². The molecule has 100 valence electrons. The second-order valence-corrected chi connectivity index (χ2v) is 6.26. The van der Waals surface area contributed by atoms with Gasteiger partial charge in [-0.25, -0.2) is 13.1 Å². The van der Waals surface area contributed by atoms with E-state index in [1.165, 1.54) is 12.6 Å². The number of anilines is 1. The first-order valence-electron chi connectivity index (χ1n) is 6.27. The van der Waals surface area contributed by atoms with Crippen molar-refractivity contribution in [2.45, 2.75) is 43.0 Å². The maximum Gasteiger partial charge on any atom is 0.244 e. The SMILES string of the molecule is CNc1ccncc1S(=O)(=O)NC1CCCCC1. The standard InChI is InChI=1S/C12H19N3O2S/c1-13-11-7-8-14-9-12(11)18(16,17)15-10-5-3-2-4-6-10/h7-10,15H,2-6H2,1H3,(H,13,14). The summed E-state index contributed by atoms with van der Waals surface area (Å²) in [7, 11) is -1.77. The largest absolute Gasteiger partial charge is 0.387 e. The minimum atomic E-state index is -3.48. The van der Waals surface area contributed by atoms with Crippen LogP contribution in [0.15, 0.2) is 23.4 Å². The molecular weight excluding hydrogens is 250 g/mol. The number of hydrogen-bond acceptors (Lipinski definition) is 4. The zero-order chi connectivity index (χ0) is 13.0. The summed E-state index contributed by atoms with van der Waals surface area (Å²) in [6, 6.07) is 1.73. The molecule has 2 N–H and O–H groups in total. The molecule has 1 aliphatic carbocycles. The van der Waals surface area contributed by atoms with Crippen molar-refractivity contribution in [3.05, 3.63) is 18.5 Å². The molecule has 0 radical (unpaired) electrons. The number of rotatable bonds is 4. The van der Waals surface area contributed by atoms with Crippen molar-refractivity contribution in [1.82, 2.24) is 9.71 Å². The molecule has 2 rings (SSSR count).